The van der Waals surface area contributed by atoms with Crippen LogP contribution in [0, 0.1) is 0 Å². The number of nitrogens with two attached hydrogens (primary N) is 1. The molecule has 0 aliphatic carbocycles. The van der Waals surface area contributed by atoms with E-state index in [0.717, 1.165) is 49.3 Å². The predicted octanol–water partition coefficient (Wildman–Crippen LogP) is 2.14. The molecular weight excluding hydrogens is 214 g/mol. The molecular formula is C13H19N3O. The Morgan fingerprint density at radius 2 is 2.29 bits per heavy atom. The third-order valence-corrected chi connectivity index (χ3v) is 2.99. The van der Waals surface area contributed by atoms with Gasteiger partial charge in [0.15, 0.2) is 0 Å². The van der Waals surface area contributed by atoms with E-state index in [9.17, 15) is 4.79 Å². The van der Waals surface area contributed by atoms with Gasteiger partial charge in [-0.3, -0.25) is 4.90 Å². The Hall–Kier alpha value is -1.71. The molecule has 4 heteroatoms. The van der Waals surface area contributed by atoms with Gasteiger partial charge in [0.2, 0.25) is 0 Å². The molecule has 1 aromatic rings. The second-order valence-electron chi connectivity index (χ2n) is 4.38. The van der Waals surface area contributed by atoms with Crippen molar-refractivity contribution in [3.05, 3.63) is 23.8 Å². The van der Waals surface area contributed by atoms with Crippen LogP contribution in [0.3, 0.4) is 0 Å². The minimum atomic E-state index is -0.00151. The van der Waals surface area contributed by atoms with Gasteiger partial charge in [-0.05, 0) is 36.6 Å². The maximum absolute atomic E-state index is 11.8. The lowest BCUT2D eigenvalue weighted by Gasteiger charge is -2.29. The summed E-state index contributed by atoms with van der Waals surface area (Å²) >= 11 is 0. The fourth-order valence-corrected chi connectivity index (χ4v) is 2.20. The summed E-state index contributed by atoms with van der Waals surface area (Å²) in [5.41, 5.74) is 8.72. The number of benzene rings is 1. The van der Waals surface area contributed by atoms with Gasteiger partial charge < -0.3 is 11.1 Å². The lowest BCUT2D eigenvalue weighted by atomic mass is 10.1. The van der Waals surface area contributed by atoms with Crippen molar-refractivity contribution in [2.45, 2.75) is 26.2 Å². The number of anilines is 2. The highest BCUT2D eigenvalue weighted by Crippen LogP contribution is 2.25. The van der Waals surface area contributed by atoms with Crippen LogP contribution in [0.25, 0.3) is 0 Å². The lowest BCUT2D eigenvalue weighted by molar-refractivity contribution is 0.243. The Kier molecular flexibility index (Phi) is 3.52. The Morgan fingerprint density at radius 3 is 3.00 bits per heavy atom. The third kappa shape index (κ3) is 2.52. The quantitative estimate of drug-likeness (QED) is 0.786. The number of amides is 2. The molecule has 92 valence electrons. The molecule has 2 amide bonds. The maximum atomic E-state index is 11.8. The number of hydrogen-bond donors (Lipinski definition) is 2. The number of nitrogens with one attached hydrogen (secondary N) is 1. The van der Waals surface area contributed by atoms with Crippen LogP contribution >= 0.6 is 0 Å². The minimum absolute atomic E-state index is 0.00151. The number of carbonyl (C=O) groups is 1. The van der Waals surface area contributed by atoms with Crippen LogP contribution in [-0.2, 0) is 6.42 Å². The van der Waals surface area contributed by atoms with Crippen LogP contribution in [0.15, 0.2) is 18.2 Å². The summed E-state index contributed by atoms with van der Waals surface area (Å²) in [5, 5.41) is 2.87. The van der Waals surface area contributed by atoms with Gasteiger partial charge in [0.1, 0.15) is 0 Å². The zero-order valence-electron chi connectivity index (χ0n) is 10.2. The summed E-state index contributed by atoms with van der Waals surface area (Å²) in [7, 11) is 0. The van der Waals surface area contributed by atoms with E-state index >= 15 is 0 Å². The molecule has 0 aromatic heterocycles. The van der Waals surface area contributed by atoms with Gasteiger partial charge in [-0.15, -0.1) is 0 Å². The molecule has 0 unspecified atom stereocenters. The van der Waals surface area contributed by atoms with Gasteiger partial charge in [0.05, 0.1) is 0 Å². The average Bonchev–Trinajstić information content (AvgIpc) is 2.31. The maximum Gasteiger partial charge on any atom is 0.321 e. The molecule has 0 spiro atoms. The van der Waals surface area contributed by atoms with Crippen molar-refractivity contribution in [3.63, 3.8) is 0 Å². The van der Waals surface area contributed by atoms with Crippen LogP contribution in [0.2, 0.25) is 0 Å². The average molecular weight is 233 g/mol. The number of urea groups is 1. The van der Waals surface area contributed by atoms with Crippen molar-refractivity contribution < 1.29 is 4.79 Å². The number of aryl methyl sites for hydroxylation is 1. The fourth-order valence-electron chi connectivity index (χ4n) is 2.20. The van der Waals surface area contributed by atoms with Crippen molar-refractivity contribution in [1.29, 1.82) is 0 Å². The highest BCUT2D eigenvalue weighted by molar-refractivity contribution is 5.93. The Morgan fingerprint density at radius 1 is 1.47 bits per heavy atom. The van der Waals surface area contributed by atoms with Crippen LogP contribution in [0.5, 0.6) is 0 Å². The standard InChI is InChI=1S/C13H19N3O/c1-2-4-10-9-11(14)5-6-12(10)16-8-3-7-15-13(16)17/h5-6,9H,2-4,7-8,14H2,1H3,(H,15,17). The molecule has 1 aliphatic heterocycles. The summed E-state index contributed by atoms with van der Waals surface area (Å²) in [6, 6.07) is 5.78. The number of rotatable bonds is 3. The number of nitrogen functional groups attached to an aromatic ring is 1. The van der Waals surface area contributed by atoms with E-state index < -0.39 is 0 Å². The largest absolute Gasteiger partial charge is 0.399 e. The SMILES string of the molecule is CCCc1cc(N)ccc1N1CCCNC1=O. The molecule has 0 saturated carbocycles. The summed E-state index contributed by atoms with van der Waals surface area (Å²) in [5.74, 6) is 0. The van der Waals surface area contributed by atoms with Crippen molar-refractivity contribution >= 4 is 17.4 Å². The van der Waals surface area contributed by atoms with E-state index in [1.165, 1.54) is 0 Å². The summed E-state index contributed by atoms with van der Waals surface area (Å²) in [6.45, 7) is 3.68. The van der Waals surface area contributed by atoms with Crippen molar-refractivity contribution in [1.82, 2.24) is 5.32 Å². The zero-order valence-corrected chi connectivity index (χ0v) is 10.2. The molecule has 3 N–H and O–H groups in total. The van der Waals surface area contributed by atoms with Gasteiger partial charge in [-0.2, -0.15) is 0 Å². The van der Waals surface area contributed by atoms with Crippen molar-refractivity contribution in [3.8, 4) is 0 Å². The first-order valence-corrected chi connectivity index (χ1v) is 6.16. The first-order chi connectivity index (χ1) is 8.22. The van der Waals surface area contributed by atoms with E-state index in [-0.39, 0.29) is 6.03 Å². The molecule has 1 fully saturated rings. The summed E-state index contributed by atoms with van der Waals surface area (Å²) in [6.07, 6.45) is 2.98. The Balaban J connectivity index is 2.32. The van der Waals surface area contributed by atoms with Gasteiger partial charge in [0, 0.05) is 24.5 Å². The summed E-state index contributed by atoms with van der Waals surface area (Å²) in [4.78, 5) is 13.6. The predicted molar refractivity (Wildman–Crippen MR) is 70.2 cm³/mol. The normalized spacial score (nSPS) is 15.8. The van der Waals surface area contributed by atoms with Crippen LogP contribution in [0.4, 0.5) is 16.2 Å². The van der Waals surface area contributed by atoms with Gasteiger partial charge in [-0.1, -0.05) is 13.3 Å². The molecule has 17 heavy (non-hydrogen) atoms. The topological polar surface area (TPSA) is 58.4 Å². The van der Waals surface area contributed by atoms with Gasteiger partial charge >= 0.3 is 6.03 Å². The van der Waals surface area contributed by atoms with Crippen molar-refractivity contribution in [2.75, 3.05) is 23.7 Å². The number of hydrogen-bond acceptors (Lipinski definition) is 2. The van der Waals surface area contributed by atoms with Crippen LogP contribution < -0.4 is 16.0 Å². The molecule has 1 aromatic carbocycles. The highest BCUT2D eigenvalue weighted by Gasteiger charge is 2.21. The minimum Gasteiger partial charge on any atom is -0.399 e. The van der Waals surface area contributed by atoms with E-state index in [4.69, 9.17) is 5.73 Å². The van der Waals surface area contributed by atoms with Crippen LogP contribution in [-0.4, -0.2) is 19.1 Å². The van der Waals surface area contributed by atoms with Crippen molar-refractivity contribution in [2.24, 2.45) is 0 Å². The lowest BCUT2D eigenvalue weighted by Crippen LogP contribution is -2.46. The second-order valence-corrected chi connectivity index (χ2v) is 4.38. The van der Waals surface area contributed by atoms with E-state index in [0.29, 0.717) is 0 Å². The highest BCUT2D eigenvalue weighted by atomic mass is 16.2. The molecule has 1 saturated heterocycles. The van der Waals surface area contributed by atoms with E-state index in [1.54, 1.807) is 0 Å². The Labute approximate surface area is 102 Å². The molecule has 0 atom stereocenters. The van der Waals surface area contributed by atoms with E-state index in [2.05, 4.69) is 12.2 Å². The van der Waals surface area contributed by atoms with Gasteiger partial charge in [0.25, 0.3) is 0 Å². The first-order valence-electron chi connectivity index (χ1n) is 6.16. The zero-order chi connectivity index (χ0) is 12.3. The smallest absolute Gasteiger partial charge is 0.321 e. The fraction of sp³-hybridized carbons (Fsp3) is 0.462. The first kappa shape index (κ1) is 11.8. The summed E-state index contributed by atoms with van der Waals surface area (Å²) < 4.78 is 0. The third-order valence-electron chi connectivity index (χ3n) is 2.99. The Bertz CT molecular complexity index is 417. The molecule has 0 bridgehead atoms. The molecule has 2 rings (SSSR count). The number of nitrogens with zero attached hydrogens (tertiary/aromatic N) is 1. The van der Waals surface area contributed by atoms with Gasteiger partial charge in [-0.25, -0.2) is 4.79 Å². The van der Waals surface area contributed by atoms with Crippen LogP contribution in [0.1, 0.15) is 25.3 Å². The molecule has 1 heterocycles. The molecule has 1 aliphatic rings. The molecule has 4 nitrogen and oxygen atoms in total. The second kappa shape index (κ2) is 5.08. The van der Waals surface area contributed by atoms with E-state index in [1.807, 2.05) is 23.1 Å². The monoisotopic (exact) mass is 233 g/mol. The molecule has 0 radical (unpaired) electrons. The number of carbonyl (C=O) groups excluding carboxylic acids is 1.